The first-order valence-electron chi connectivity index (χ1n) is 7.97. The highest BCUT2D eigenvalue weighted by atomic mass is 16.4. The average molecular weight is 410 g/mol. The van der Waals surface area contributed by atoms with Gasteiger partial charge in [0, 0.05) is 0 Å². The Morgan fingerprint density at radius 3 is 1.14 bits per heavy atom. The standard InChI is InChI=1S/C6H14N2O2.2C4H8N2O3/c7-4-2-1-3-5(8)6(9)10;2*5-2(4(8)9)1-3(6)7/h5H,1-4,7-8H2,(H,9,10);2*2H,1,5H2,(H2,6,7)(H,8,9)/t5-;2*2-/m000/s1. The highest BCUT2D eigenvalue weighted by Crippen LogP contribution is 1.97. The fourth-order valence-electron chi connectivity index (χ4n) is 1.24. The quantitative estimate of drug-likeness (QED) is 0.147. The number of aliphatic carboxylic acids is 3. The molecule has 0 fully saturated rings. The number of hydrogen-bond donors (Lipinski definition) is 9. The molecule has 28 heavy (non-hydrogen) atoms. The number of carboxylic acid groups (broad SMARTS) is 3. The van der Waals surface area contributed by atoms with E-state index in [4.69, 9.17) is 38.3 Å². The molecule has 15 N–H and O–H groups in total. The van der Waals surface area contributed by atoms with Crippen LogP contribution in [0.2, 0.25) is 0 Å². The number of hydrogen-bond acceptors (Lipinski definition) is 9. The van der Waals surface area contributed by atoms with Crippen molar-refractivity contribution < 1.29 is 39.3 Å². The van der Waals surface area contributed by atoms with Gasteiger partial charge in [0.05, 0.1) is 12.8 Å². The van der Waals surface area contributed by atoms with Gasteiger partial charge in [-0.3, -0.25) is 24.0 Å². The van der Waals surface area contributed by atoms with Crippen molar-refractivity contribution >= 4 is 29.7 Å². The fraction of sp³-hybridized carbons (Fsp3) is 0.643. The van der Waals surface area contributed by atoms with Crippen LogP contribution in [0.15, 0.2) is 0 Å². The molecule has 164 valence electrons. The number of unbranched alkanes of at least 4 members (excludes halogenated alkanes) is 1. The van der Waals surface area contributed by atoms with Crippen LogP contribution in [-0.4, -0.2) is 69.7 Å². The number of carboxylic acids is 3. The molecule has 0 saturated carbocycles. The summed E-state index contributed by atoms with van der Waals surface area (Å²) < 4.78 is 0. The summed E-state index contributed by atoms with van der Waals surface area (Å²) >= 11 is 0. The molecule has 0 aromatic carbocycles. The molecule has 0 rings (SSSR count). The molecule has 0 aromatic rings. The molecule has 14 heteroatoms. The molecule has 0 heterocycles. The van der Waals surface area contributed by atoms with Crippen LogP contribution in [0, 0.1) is 0 Å². The van der Waals surface area contributed by atoms with Crippen LogP contribution in [0.5, 0.6) is 0 Å². The number of carbonyl (C=O) groups excluding carboxylic acids is 2. The van der Waals surface area contributed by atoms with E-state index in [1.165, 1.54) is 0 Å². The number of carbonyl (C=O) groups is 5. The lowest BCUT2D eigenvalue weighted by Gasteiger charge is -2.03. The van der Waals surface area contributed by atoms with Crippen molar-refractivity contribution in [3.05, 3.63) is 0 Å². The molecule has 0 aliphatic heterocycles. The number of nitrogens with two attached hydrogens (primary N) is 6. The van der Waals surface area contributed by atoms with Crippen LogP contribution in [0.1, 0.15) is 32.1 Å². The van der Waals surface area contributed by atoms with Crippen LogP contribution in [0.3, 0.4) is 0 Å². The molecule has 0 aliphatic rings. The van der Waals surface area contributed by atoms with Gasteiger partial charge in [0.1, 0.15) is 18.1 Å². The van der Waals surface area contributed by atoms with Crippen molar-refractivity contribution in [1.82, 2.24) is 0 Å². The monoisotopic (exact) mass is 410 g/mol. The highest BCUT2D eigenvalue weighted by Gasteiger charge is 2.13. The van der Waals surface area contributed by atoms with Crippen LogP contribution in [-0.2, 0) is 24.0 Å². The van der Waals surface area contributed by atoms with Crippen molar-refractivity contribution in [2.75, 3.05) is 6.54 Å². The molecule has 0 aliphatic carbocycles. The van der Waals surface area contributed by atoms with Gasteiger partial charge in [0.2, 0.25) is 11.8 Å². The maximum Gasteiger partial charge on any atom is 0.321 e. The zero-order valence-corrected chi connectivity index (χ0v) is 15.3. The molecule has 2 amide bonds. The predicted octanol–water partition coefficient (Wildman–Crippen LogP) is -3.93. The van der Waals surface area contributed by atoms with Crippen molar-refractivity contribution in [2.45, 2.75) is 50.2 Å². The van der Waals surface area contributed by atoms with Gasteiger partial charge in [-0.05, 0) is 19.4 Å². The lowest BCUT2D eigenvalue weighted by molar-refractivity contribution is -0.140. The van der Waals surface area contributed by atoms with Gasteiger partial charge < -0.3 is 49.7 Å². The third kappa shape index (κ3) is 23.2. The summed E-state index contributed by atoms with van der Waals surface area (Å²) in [6, 6.07) is -3.04. The van der Waals surface area contributed by atoms with Gasteiger partial charge in [0.25, 0.3) is 0 Å². The summed E-state index contributed by atoms with van der Waals surface area (Å²) in [4.78, 5) is 49.9. The Morgan fingerprint density at radius 1 is 0.643 bits per heavy atom. The van der Waals surface area contributed by atoms with E-state index in [1.54, 1.807) is 0 Å². The van der Waals surface area contributed by atoms with Crippen LogP contribution in [0.25, 0.3) is 0 Å². The van der Waals surface area contributed by atoms with Crippen molar-refractivity contribution in [3.8, 4) is 0 Å². The van der Waals surface area contributed by atoms with E-state index in [0.29, 0.717) is 13.0 Å². The Morgan fingerprint density at radius 2 is 0.964 bits per heavy atom. The van der Waals surface area contributed by atoms with E-state index in [1.807, 2.05) is 0 Å². The Balaban J connectivity index is -0.000000336. The van der Waals surface area contributed by atoms with Crippen molar-refractivity contribution in [1.29, 1.82) is 0 Å². The average Bonchev–Trinajstić information content (AvgIpc) is 2.54. The first-order valence-corrected chi connectivity index (χ1v) is 7.97. The number of amides is 2. The second kappa shape index (κ2) is 17.6. The molecule has 0 spiro atoms. The van der Waals surface area contributed by atoms with Gasteiger partial charge in [0.15, 0.2) is 0 Å². The zero-order chi connectivity index (χ0) is 22.9. The van der Waals surface area contributed by atoms with E-state index in [-0.39, 0.29) is 12.8 Å². The molecular weight excluding hydrogens is 380 g/mol. The van der Waals surface area contributed by atoms with Gasteiger partial charge in [-0.25, -0.2) is 0 Å². The topological polar surface area (TPSA) is 302 Å². The Bertz CT molecular complexity index is 484. The van der Waals surface area contributed by atoms with Gasteiger partial charge >= 0.3 is 17.9 Å². The minimum Gasteiger partial charge on any atom is -0.480 e. The summed E-state index contributed by atoms with van der Waals surface area (Å²) in [5, 5.41) is 24.5. The molecule has 0 radical (unpaired) electrons. The van der Waals surface area contributed by atoms with E-state index < -0.39 is 47.8 Å². The molecule has 0 unspecified atom stereocenters. The molecule has 0 aromatic heterocycles. The second-order valence-electron chi connectivity index (χ2n) is 5.46. The van der Waals surface area contributed by atoms with Crippen LogP contribution >= 0.6 is 0 Å². The van der Waals surface area contributed by atoms with Gasteiger partial charge in [-0.1, -0.05) is 6.42 Å². The van der Waals surface area contributed by atoms with Crippen molar-refractivity contribution in [3.63, 3.8) is 0 Å². The minimum absolute atomic E-state index is 0.310. The van der Waals surface area contributed by atoms with Crippen LogP contribution in [0.4, 0.5) is 0 Å². The zero-order valence-electron chi connectivity index (χ0n) is 15.3. The molecule has 0 saturated heterocycles. The third-order valence-corrected chi connectivity index (χ3v) is 2.76. The van der Waals surface area contributed by atoms with Crippen molar-refractivity contribution in [2.24, 2.45) is 34.4 Å². The second-order valence-corrected chi connectivity index (χ2v) is 5.46. The third-order valence-electron chi connectivity index (χ3n) is 2.76. The molecule has 14 nitrogen and oxygen atoms in total. The first kappa shape index (κ1) is 29.9. The molecule has 0 bridgehead atoms. The maximum absolute atomic E-state index is 10.1. The largest absolute Gasteiger partial charge is 0.480 e. The number of primary amides is 2. The fourth-order valence-corrected chi connectivity index (χ4v) is 1.24. The summed E-state index contributed by atoms with van der Waals surface area (Å²) in [5.41, 5.74) is 29.6. The Hall–Kier alpha value is -2.81. The minimum atomic E-state index is -1.21. The Labute approximate surface area is 161 Å². The van der Waals surface area contributed by atoms with Crippen LogP contribution < -0.4 is 34.4 Å². The lowest BCUT2D eigenvalue weighted by atomic mass is 10.1. The molecular formula is C14H30N6O8. The summed E-state index contributed by atoms with van der Waals surface area (Å²) in [5.74, 6) is -4.77. The predicted molar refractivity (Wildman–Crippen MR) is 97.4 cm³/mol. The first-order chi connectivity index (χ1) is 12.8. The van der Waals surface area contributed by atoms with E-state index in [2.05, 4.69) is 11.5 Å². The highest BCUT2D eigenvalue weighted by molar-refractivity contribution is 5.83. The van der Waals surface area contributed by atoms with E-state index in [0.717, 1.165) is 12.8 Å². The SMILES string of the molecule is NC(=O)C[C@H](N)C(=O)O.NC(=O)C[C@H](N)C(=O)O.NCCCC[C@H](N)C(=O)O. The summed E-state index contributed by atoms with van der Waals surface area (Å²) in [6.07, 6.45) is 1.54. The normalized spacial score (nSPS) is 12.7. The number of rotatable bonds is 11. The summed E-state index contributed by atoms with van der Waals surface area (Å²) in [7, 11) is 0. The van der Waals surface area contributed by atoms with Gasteiger partial charge in [-0.15, -0.1) is 0 Å². The van der Waals surface area contributed by atoms with E-state index >= 15 is 0 Å². The molecule has 3 atom stereocenters. The Kier molecular flexibility index (Phi) is 18.8. The smallest absolute Gasteiger partial charge is 0.321 e. The van der Waals surface area contributed by atoms with E-state index in [9.17, 15) is 24.0 Å². The maximum atomic E-state index is 10.1. The van der Waals surface area contributed by atoms with Gasteiger partial charge in [-0.2, -0.15) is 0 Å². The summed E-state index contributed by atoms with van der Waals surface area (Å²) in [6.45, 7) is 0.604. The lowest BCUT2D eigenvalue weighted by Crippen LogP contribution is -2.34.